The number of oxazole rings is 1. The highest BCUT2D eigenvalue weighted by molar-refractivity contribution is 7.99. The van der Waals surface area contributed by atoms with Gasteiger partial charge in [0.2, 0.25) is 0 Å². The highest BCUT2D eigenvalue weighted by Gasteiger charge is 2.08. The number of nitrogens with zero attached hydrogens (tertiary/aromatic N) is 1. The zero-order chi connectivity index (χ0) is 11.5. The van der Waals surface area contributed by atoms with Crippen LogP contribution in [0.1, 0.15) is 15.9 Å². The highest BCUT2D eigenvalue weighted by atomic mass is 32.2. The molecule has 5 heteroatoms. The normalized spacial score (nSPS) is 10.3. The van der Waals surface area contributed by atoms with Crippen LogP contribution in [0.3, 0.4) is 0 Å². The molecule has 2 aromatic rings. The molecular formula is C11H9NO3S. The maximum absolute atomic E-state index is 10.7. The Labute approximate surface area is 96.3 Å². The van der Waals surface area contributed by atoms with E-state index >= 15 is 0 Å². The van der Waals surface area contributed by atoms with Gasteiger partial charge in [-0.3, -0.25) is 0 Å². The molecule has 16 heavy (non-hydrogen) atoms. The van der Waals surface area contributed by atoms with Crippen molar-refractivity contribution in [2.75, 3.05) is 0 Å². The average Bonchev–Trinajstić information content (AvgIpc) is 2.73. The van der Waals surface area contributed by atoms with Gasteiger partial charge in [0, 0.05) is 4.90 Å². The largest absolute Gasteiger partial charge is 0.478 e. The van der Waals surface area contributed by atoms with E-state index in [1.54, 1.807) is 24.4 Å². The molecule has 0 radical (unpaired) electrons. The molecule has 0 saturated heterocycles. The molecule has 0 aliphatic heterocycles. The standard InChI is InChI=1S/C11H9NO3S/c1-7-6-8(10(13)14)2-3-9(7)16-11-12-4-5-15-11/h2-6H,1H3,(H,13,14). The predicted molar refractivity (Wildman–Crippen MR) is 58.8 cm³/mol. The molecule has 2 rings (SSSR count). The zero-order valence-corrected chi connectivity index (χ0v) is 9.32. The van der Waals surface area contributed by atoms with Crippen molar-refractivity contribution >= 4 is 17.7 Å². The van der Waals surface area contributed by atoms with Crippen LogP contribution in [0.15, 0.2) is 45.2 Å². The van der Waals surface area contributed by atoms with Gasteiger partial charge in [-0.15, -0.1) is 0 Å². The lowest BCUT2D eigenvalue weighted by molar-refractivity contribution is 0.0696. The fraction of sp³-hybridized carbons (Fsp3) is 0.0909. The van der Waals surface area contributed by atoms with E-state index in [4.69, 9.17) is 9.52 Å². The Balaban J connectivity index is 2.26. The molecule has 0 aliphatic rings. The van der Waals surface area contributed by atoms with E-state index in [1.807, 2.05) is 6.92 Å². The van der Waals surface area contributed by atoms with E-state index in [-0.39, 0.29) is 5.56 Å². The summed E-state index contributed by atoms with van der Waals surface area (Å²) in [6.07, 6.45) is 3.08. The van der Waals surface area contributed by atoms with Gasteiger partial charge in [-0.25, -0.2) is 9.78 Å². The minimum absolute atomic E-state index is 0.286. The number of carboxylic acid groups (broad SMARTS) is 1. The Bertz CT molecular complexity index is 508. The molecule has 1 N–H and O–H groups in total. The van der Waals surface area contributed by atoms with E-state index in [9.17, 15) is 4.79 Å². The second-order valence-electron chi connectivity index (χ2n) is 3.19. The van der Waals surface area contributed by atoms with Crippen molar-refractivity contribution in [3.8, 4) is 0 Å². The Morgan fingerprint density at radius 3 is 2.88 bits per heavy atom. The van der Waals surface area contributed by atoms with Gasteiger partial charge >= 0.3 is 5.97 Å². The summed E-state index contributed by atoms with van der Waals surface area (Å²) < 4.78 is 5.11. The Morgan fingerprint density at radius 2 is 2.31 bits per heavy atom. The van der Waals surface area contributed by atoms with E-state index in [2.05, 4.69) is 4.98 Å². The number of aryl methyl sites for hydroxylation is 1. The number of carbonyl (C=O) groups is 1. The first-order valence-corrected chi connectivity index (χ1v) is 5.40. The van der Waals surface area contributed by atoms with Crippen molar-refractivity contribution in [1.82, 2.24) is 4.98 Å². The van der Waals surface area contributed by atoms with Crippen LogP contribution >= 0.6 is 11.8 Å². The first-order chi connectivity index (χ1) is 7.66. The topological polar surface area (TPSA) is 63.3 Å². The summed E-state index contributed by atoms with van der Waals surface area (Å²) in [5, 5.41) is 9.37. The first-order valence-electron chi connectivity index (χ1n) is 4.58. The van der Waals surface area contributed by atoms with E-state index < -0.39 is 5.97 Å². The molecule has 1 heterocycles. The van der Waals surface area contributed by atoms with Crippen molar-refractivity contribution in [2.24, 2.45) is 0 Å². The van der Waals surface area contributed by atoms with Gasteiger partial charge in [-0.05, 0) is 42.4 Å². The van der Waals surface area contributed by atoms with Crippen LogP contribution in [-0.4, -0.2) is 16.1 Å². The Morgan fingerprint density at radius 1 is 1.50 bits per heavy atom. The monoisotopic (exact) mass is 235 g/mol. The minimum atomic E-state index is -0.921. The second kappa shape index (κ2) is 4.40. The maximum Gasteiger partial charge on any atom is 0.335 e. The third-order valence-corrected chi connectivity index (χ3v) is 3.08. The number of hydrogen-bond donors (Lipinski definition) is 1. The van der Waals surface area contributed by atoms with Crippen LogP contribution in [0, 0.1) is 6.92 Å². The molecule has 1 aromatic heterocycles. The summed E-state index contributed by atoms with van der Waals surface area (Å²) >= 11 is 1.37. The third kappa shape index (κ3) is 2.25. The molecule has 1 aromatic carbocycles. The van der Waals surface area contributed by atoms with Crippen molar-refractivity contribution in [3.05, 3.63) is 41.8 Å². The SMILES string of the molecule is Cc1cc(C(=O)O)ccc1Sc1ncco1. The molecule has 0 bridgehead atoms. The third-order valence-electron chi connectivity index (χ3n) is 2.03. The Kier molecular flexibility index (Phi) is 2.96. The average molecular weight is 235 g/mol. The summed E-state index contributed by atoms with van der Waals surface area (Å²) in [4.78, 5) is 15.7. The van der Waals surface area contributed by atoms with Crippen LogP contribution in [0.25, 0.3) is 0 Å². The quantitative estimate of drug-likeness (QED) is 0.886. The molecule has 0 fully saturated rings. The van der Waals surface area contributed by atoms with Crippen LogP contribution in [0.5, 0.6) is 0 Å². The van der Waals surface area contributed by atoms with Gasteiger partial charge in [0.05, 0.1) is 11.8 Å². The van der Waals surface area contributed by atoms with Gasteiger partial charge in [0.15, 0.2) is 0 Å². The van der Waals surface area contributed by atoms with Gasteiger partial charge < -0.3 is 9.52 Å². The lowest BCUT2D eigenvalue weighted by Gasteiger charge is -2.03. The first kappa shape index (κ1) is 10.8. The van der Waals surface area contributed by atoms with Gasteiger partial charge in [0.1, 0.15) is 6.26 Å². The van der Waals surface area contributed by atoms with Gasteiger partial charge in [0.25, 0.3) is 5.22 Å². The number of carboxylic acids is 1. The van der Waals surface area contributed by atoms with Crippen LogP contribution in [-0.2, 0) is 0 Å². The molecule has 0 amide bonds. The van der Waals surface area contributed by atoms with Crippen molar-refractivity contribution in [2.45, 2.75) is 17.0 Å². The van der Waals surface area contributed by atoms with Crippen molar-refractivity contribution < 1.29 is 14.3 Å². The van der Waals surface area contributed by atoms with Crippen LogP contribution in [0.4, 0.5) is 0 Å². The molecule has 82 valence electrons. The predicted octanol–water partition coefficient (Wildman–Crippen LogP) is 2.83. The fourth-order valence-electron chi connectivity index (χ4n) is 1.25. The van der Waals surface area contributed by atoms with Crippen molar-refractivity contribution in [3.63, 3.8) is 0 Å². The van der Waals surface area contributed by atoms with Gasteiger partial charge in [-0.2, -0.15) is 0 Å². The number of aromatic carboxylic acids is 1. The highest BCUT2D eigenvalue weighted by Crippen LogP contribution is 2.29. The molecule has 0 unspecified atom stereocenters. The Hall–Kier alpha value is -1.75. The molecule has 4 nitrogen and oxygen atoms in total. The summed E-state index contributed by atoms with van der Waals surface area (Å²) in [5.74, 6) is -0.921. The second-order valence-corrected chi connectivity index (χ2v) is 4.18. The summed E-state index contributed by atoms with van der Waals surface area (Å²) in [5.41, 5.74) is 1.18. The summed E-state index contributed by atoms with van der Waals surface area (Å²) in [6, 6.07) is 4.96. The van der Waals surface area contributed by atoms with Gasteiger partial charge in [-0.1, -0.05) is 0 Å². The number of hydrogen-bond acceptors (Lipinski definition) is 4. The minimum Gasteiger partial charge on any atom is -0.478 e. The number of benzene rings is 1. The maximum atomic E-state index is 10.7. The van der Waals surface area contributed by atoms with Crippen LogP contribution < -0.4 is 0 Å². The zero-order valence-electron chi connectivity index (χ0n) is 8.51. The molecular weight excluding hydrogens is 226 g/mol. The fourth-order valence-corrected chi connectivity index (χ4v) is 2.01. The van der Waals surface area contributed by atoms with E-state index in [0.29, 0.717) is 5.22 Å². The van der Waals surface area contributed by atoms with Crippen LogP contribution in [0.2, 0.25) is 0 Å². The van der Waals surface area contributed by atoms with E-state index in [1.165, 1.54) is 18.0 Å². The molecule has 0 atom stereocenters. The lowest BCUT2D eigenvalue weighted by atomic mass is 10.1. The number of rotatable bonds is 3. The summed E-state index contributed by atoms with van der Waals surface area (Å²) in [6.45, 7) is 1.86. The smallest absolute Gasteiger partial charge is 0.335 e. The molecule has 0 saturated carbocycles. The number of aromatic nitrogens is 1. The molecule has 0 spiro atoms. The lowest BCUT2D eigenvalue weighted by Crippen LogP contribution is -1.96. The molecule has 0 aliphatic carbocycles. The van der Waals surface area contributed by atoms with Crippen molar-refractivity contribution in [1.29, 1.82) is 0 Å². The van der Waals surface area contributed by atoms with E-state index in [0.717, 1.165) is 10.5 Å². The summed E-state index contributed by atoms with van der Waals surface area (Å²) in [7, 11) is 0.